The number of hydrogen-bond acceptors (Lipinski definition) is 20. The highest BCUT2D eigenvalue weighted by Crippen LogP contribution is 2.37. The first-order valence-electron chi connectivity index (χ1n) is 23.6. The molecule has 0 atom stereocenters. The van der Waals surface area contributed by atoms with Crippen molar-refractivity contribution < 1.29 is 91.2 Å². The Labute approximate surface area is 433 Å². The summed E-state index contributed by atoms with van der Waals surface area (Å²) in [5, 5.41) is 9.55. The highest BCUT2D eigenvalue weighted by Gasteiger charge is 2.51. The maximum Gasteiger partial charge on any atom is 0.239 e. The first-order valence-corrected chi connectivity index (χ1v) is 30.9. The Morgan fingerprint density at radius 3 is 1.01 bits per heavy atom. The number of fused-ring (bicyclic) bond motifs is 4. The van der Waals surface area contributed by atoms with E-state index in [0.29, 0.717) is 0 Å². The Morgan fingerprint density at radius 2 is 0.711 bits per heavy atom. The lowest BCUT2D eigenvalue weighted by Crippen LogP contribution is -2.49. The fourth-order valence-electron chi connectivity index (χ4n) is 10.0. The van der Waals surface area contributed by atoms with Gasteiger partial charge in [0.05, 0.1) is 29.3 Å². The van der Waals surface area contributed by atoms with Crippen molar-refractivity contribution in [3.63, 3.8) is 0 Å². The molecule has 2 fully saturated rings. The fourth-order valence-corrected chi connectivity index (χ4v) is 14.9. The second kappa shape index (κ2) is 20.4. The second-order valence-electron chi connectivity index (χ2n) is 19.3. The molecule has 406 valence electrons. The summed E-state index contributed by atoms with van der Waals surface area (Å²) >= 11 is 0. The molecule has 8 rings (SSSR count). The molecule has 4 N–H and O–H groups in total. The molecule has 0 aromatic heterocycles. The highest BCUT2D eigenvalue weighted by atomic mass is 32.2. The lowest BCUT2D eigenvalue weighted by Gasteiger charge is -2.32. The molecule has 4 aliphatic carbocycles. The van der Waals surface area contributed by atoms with E-state index in [9.17, 15) is 91.2 Å². The summed E-state index contributed by atoms with van der Waals surface area (Å²) in [5.41, 5.74) is -2.72. The zero-order valence-electron chi connectivity index (χ0n) is 40.4. The average Bonchev–Trinajstić information content (AvgIpc) is 3.94. The topological polar surface area (TPSA) is 396 Å². The molecule has 2 heterocycles. The fraction of sp³-hybridized carbons (Fsp3) is 0.478. The van der Waals surface area contributed by atoms with Gasteiger partial charge in [-0.05, 0) is 49.9 Å². The lowest BCUT2D eigenvalue weighted by molar-refractivity contribution is -0.124. The van der Waals surface area contributed by atoms with Crippen LogP contribution in [0.25, 0.3) is 0 Å². The summed E-state index contributed by atoms with van der Waals surface area (Å²) in [6.07, 6.45) is 2.39. The van der Waals surface area contributed by atoms with Crippen molar-refractivity contribution in [2.45, 2.75) is 37.8 Å². The molecular formula is C46H48N6O20S4. The van der Waals surface area contributed by atoms with Crippen molar-refractivity contribution in [3.8, 4) is 0 Å². The number of ketones is 8. The minimum atomic E-state index is -4.24. The van der Waals surface area contributed by atoms with E-state index < -0.39 is 193 Å². The SMILES string of the molecule is CS(=O)(=O)CCNC(=O)C1C(=O)c2cc3c(cc2C1=O)C(=O)C(C(=O)NCCS(=O)(=O)CCS(=O)(=O)N1CCC(NC(=O)C2C(=O)c4cc5c(cc4C2=O)C(=O)C(C(=O)NC2CCN(S(C)(=O)=O)CC2)C5=O)CC1)C3=O. The molecule has 76 heavy (non-hydrogen) atoms. The number of Topliss-reactive ketones (excluding diaryl/α,β-unsaturated/α-hetero) is 8. The maximum absolute atomic E-state index is 13.5. The van der Waals surface area contributed by atoms with Gasteiger partial charge in [0.1, 0.15) is 9.84 Å². The van der Waals surface area contributed by atoms with Crippen LogP contribution in [0.5, 0.6) is 0 Å². The van der Waals surface area contributed by atoms with Crippen LogP contribution in [0, 0.1) is 23.7 Å². The van der Waals surface area contributed by atoms with E-state index in [1.54, 1.807) is 0 Å². The minimum absolute atomic E-state index is 0.0201. The minimum Gasteiger partial charge on any atom is -0.354 e. The van der Waals surface area contributed by atoms with Crippen LogP contribution in [0.4, 0.5) is 0 Å². The lowest BCUT2D eigenvalue weighted by atomic mass is 9.99. The molecular weight excluding hydrogens is 1080 g/mol. The summed E-state index contributed by atoms with van der Waals surface area (Å²) in [6, 6.07) is 2.58. The van der Waals surface area contributed by atoms with E-state index in [-0.39, 0.29) is 85.2 Å². The normalized spacial score (nSPS) is 19.8. The van der Waals surface area contributed by atoms with E-state index in [1.165, 1.54) is 4.31 Å². The molecule has 30 heteroatoms. The largest absolute Gasteiger partial charge is 0.354 e. The van der Waals surface area contributed by atoms with Crippen LogP contribution >= 0.6 is 0 Å². The average molecular weight is 1130 g/mol. The van der Waals surface area contributed by atoms with E-state index in [2.05, 4.69) is 21.3 Å². The first-order chi connectivity index (χ1) is 35.4. The Balaban J connectivity index is 0.781. The van der Waals surface area contributed by atoms with Gasteiger partial charge in [-0.3, -0.25) is 57.5 Å². The van der Waals surface area contributed by atoms with Gasteiger partial charge in [-0.15, -0.1) is 0 Å². The van der Waals surface area contributed by atoms with Crippen molar-refractivity contribution in [2.24, 2.45) is 23.7 Å². The molecule has 6 aliphatic rings. The van der Waals surface area contributed by atoms with E-state index in [0.717, 1.165) is 41.1 Å². The molecule has 0 radical (unpaired) electrons. The number of benzene rings is 2. The third kappa shape index (κ3) is 10.7. The van der Waals surface area contributed by atoms with Gasteiger partial charge in [0.2, 0.25) is 43.7 Å². The number of carbonyl (C=O) groups is 12. The monoisotopic (exact) mass is 1130 g/mol. The number of amides is 4. The van der Waals surface area contributed by atoms with E-state index in [1.807, 2.05) is 0 Å². The Hall–Kier alpha value is -6.60. The van der Waals surface area contributed by atoms with Gasteiger partial charge in [0, 0.05) is 102 Å². The summed E-state index contributed by atoms with van der Waals surface area (Å²) in [7, 11) is -15.4. The van der Waals surface area contributed by atoms with Gasteiger partial charge in [-0.25, -0.2) is 42.3 Å². The van der Waals surface area contributed by atoms with Crippen LogP contribution in [0.15, 0.2) is 24.3 Å². The van der Waals surface area contributed by atoms with Gasteiger partial charge < -0.3 is 21.3 Å². The Bertz CT molecular complexity index is 3390. The standard InChI is InChI=1S/C46H48N6O20S4/c1-73(65,66)13-7-47-43(61)31-35(53)23-17-25-26(18-24(23)36(31)54)38(56)32(37(25)55)44(62)48-8-14-75(69,70)15-16-76(71,72)52-11-5-22(6-12-52)50-46(64)34-41(59)29-19-27-28(20-30(29)42(34)60)40(58)33(39(27)57)45(63)49-21-3-9-51(10-4-21)74(2,67)68/h17-22,31-34H,3-16H2,1-2H3,(H,47,61)(H,48,62)(H,49,63)(H,50,64). The number of nitrogens with one attached hydrogen (secondary N) is 4. The number of hydrogen-bond donors (Lipinski definition) is 4. The molecule has 0 saturated carbocycles. The quantitative estimate of drug-likeness (QED) is 0.112. The third-order valence-corrected chi connectivity index (χ3v) is 20.2. The predicted octanol–water partition coefficient (Wildman–Crippen LogP) is -3.49. The van der Waals surface area contributed by atoms with Crippen LogP contribution in [0.2, 0.25) is 0 Å². The number of sulfone groups is 2. The Morgan fingerprint density at radius 1 is 0.421 bits per heavy atom. The molecule has 0 bridgehead atoms. The van der Waals surface area contributed by atoms with Crippen molar-refractivity contribution >= 4 is 110 Å². The molecule has 2 saturated heterocycles. The van der Waals surface area contributed by atoms with Gasteiger partial charge in [0.25, 0.3) is 0 Å². The predicted molar refractivity (Wildman–Crippen MR) is 260 cm³/mol. The number of piperidine rings is 2. The smallest absolute Gasteiger partial charge is 0.239 e. The van der Waals surface area contributed by atoms with Crippen molar-refractivity contribution in [3.05, 3.63) is 68.8 Å². The molecule has 2 aliphatic heterocycles. The number of nitrogens with zero attached hydrogens (tertiary/aromatic N) is 2. The zero-order chi connectivity index (χ0) is 55.7. The van der Waals surface area contributed by atoms with E-state index >= 15 is 0 Å². The summed E-state index contributed by atoms with van der Waals surface area (Å²) < 4.78 is 101. The van der Waals surface area contributed by atoms with Crippen LogP contribution in [0.1, 0.15) is 109 Å². The van der Waals surface area contributed by atoms with Crippen molar-refractivity contribution in [1.82, 2.24) is 29.9 Å². The van der Waals surface area contributed by atoms with Gasteiger partial charge in [0.15, 0.2) is 79.8 Å². The van der Waals surface area contributed by atoms with Crippen LogP contribution in [0.3, 0.4) is 0 Å². The van der Waals surface area contributed by atoms with Crippen LogP contribution < -0.4 is 21.3 Å². The number of rotatable bonds is 17. The number of carbonyl (C=O) groups excluding carboxylic acids is 12. The summed E-state index contributed by atoms with van der Waals surface area (Å²) in [6.45, 7) is -1.23. The van der Waals surface area contributed by atoms with E-state index in [4.69, 9.17) is 0 Å². The zero-order valence-corrected chi connectivity index (χ0v) is 43.6. The summed E-state index contributed by atoms with van der Waals surface area (Å²) in [4.78, 5) is 159. The summed E-state index contributed by atoms with van der Waals surface area (Å²) in [5.74, 6) is -22.9. The molecule has 26 nitrogen and oxygen atoms in total. The molecule has 2 aromatic rings. The van der Waals surface area contributed by atoms with Crippen LogP contribution in [-0.4, -0.2) is 199 Å². The van der Waals surface area contributed by atoms with Crippen LogP contribution in [-0.2, 0) is 58.9 Å². The second-order valence-corrected chi connectivity index (χ2v) is 28.0. The maximum atomic E-state index is 13.5. The van der Waals surface area contributed by atoms with Gasteiger partial charge in [-0.2, -0.15) is 0 Å². The molecule has 2 aromatic carbocycles. The molecule has 0 spiro atoms. The third-order valence-electron chi connectivity index (χ3n) is 14.2. The highest BCUT2D eigenvalue weighted by molar-refractivity contribution is 7.94. The van der Waals surface area contributed by atoms with Gasteiger partial charge >= 0.3 is 0 Å². The van der Waals surface area contributed by atoms with Gasteiger partial charge in [-0.1, -0.05) is 0 Å². The Kier molecular flexibility index (Phi) is 14.9. The van der Waals surface area contributed by atoms with Crippen molar-refractivity contribution in [2.75, 3.05) is 74.8 Å². The molecule has 4 amide bonds. The van der Waals surface area contributed by atoms with Crippen molar-refractivity contribution in [1.29, 1.82) is 0 Å². The first kappa shape index (κ1) is 55.6. The molecule has 0 unspecified atom stereocenters. The number of sulfonamides is 2.